The second-order valence-electron chi connectivity index (χ2n) is 4.69. The van der Waals surface area contributed by atoms with E-state index in [2.05, 4.69) is 11.4 Å². The molecule has 0 bridgehead atoms. The van der Waals surface area contributed by atoms with Crippen LogP contribution in [0.5, 0.6) is 0 Å². The first-order valence-corrected chi connectivity index (χ1v) is 6.58. The molecule has 2 aliphatic heterocycles. The van der Waals surface area contributed by atoms with E-state index in [1.165, 1.54) is 19.3 Å². The predicted octanol–water partition coefficient (Wildman–Crippen LogP) is 2.23. The topological polar surface area (TPSA) is 30.5 Å². The molecular formula is C13H23NO2. The first-order valence-electron chi connectivity index (χ1n) is 6.58. The molecule has 2 atom stereocenters. The van der Waals surface area contributed by atoms with Crippen LogP contribution in [0.2, 0.25) is 0 Å². The Morgan fingerprint density at radius 3 is 2.94 bits per heavy atom. The van der Waals surface area contributed by atoms with Crippen LogP contribution in [-0.2, 0) is 9.47 Å². The summed E-state index contributed by atoms with van der Waals surface area (Å²) in [6.07, 6.45) is 12.0. The maximum atomic E-state index is 5.69. The van der Waals surface area contributed by atoms with Crippen LogP contribution in [0.3, 0.4) is 0 Å². The third kappa shape index (κ3) is 4.14. The molecule has 1 fully saturated rings. The van der Waals surface area contributed by atoms with Crippen molar-refractivity contribution in [3.05, 3.63) is 12.3 Å². The van der Waals surface area contributed by atoms with E-state index in [4.69, 9.17) is 9.47 Å². The van der Waals surface area contributed by atoms with E-state index in [0.717, 1.165) is 39.0 Å². The normalized spacial score (nSPS) is 30.0. The fraction of sp³-hybridized carbons (Fsp3) is 0.846. The van der Waals surface area contributed by atoms with Crippen LogP contribution in [0.15, 0.2) is 12.3 Å². The highest BCUT2D eigenvalue weighted by Gasteiger charge is 2.14. The SMILES string of the molecule is C1=COC(CNCCC2CCCCO2)CC1. The lowest BCUT2D eigenvalue weighted by atomic mass is 10.1. The van der Waals surface area contributed by atoms with E-state index < -0.39 is 0 Å². The van der Waals surface area contributed by atoms with Crippen molar-refractivity contribution in [1.82, 2.24) is 5.32 Å². The second kappa shape index (κ2) is 6.92. The number of hydrogen-bond acceptors (Lipinski definition) is 3. The Kier molecular flexibility index (Phi) is 5.16. The zero-order chi connectivity index (χ0) is 11.1. The zero-order valence-electron chi connectivity index (χ0n) is 9.99. The van der Waals surface area contributed by atoms with E-state index in [1.54, 1.807) is 0 Å². The Balaban J connectivity index is 1.49. The Labute approximate surface area is 98.2 Å². The average Bonchev–Trinajstić information content (AvgIpc) is 2.37. The number of ether oxygens (including phenoxy) is 2. The van der Waals surface area contributed by atoms with Crippen molar-refractivity contribution in [2.24, 2.45) is 0 Å². The van der Waals surface area contributed by atoms with Crippen molar-refractivity contribution >= 4 is 0 Å². The van der Waals surface area contributed by atoms with Gasteiger partial charge >= 0.3 is 0 Å². The Morgan fingerprint density at radius 1 is 1.19 bits per heavy atom. The summed E-state index contributed by atoms with van der Waals surface area (Å²) >= 11 is 0. The number of nitrogens with one attached hydrogen (secondary N) is 1. The molecule has 0 aromatic heterocycles. The van der Waals surface area contributed by atoms with Gasteiger partial charge in [-0.25, -0.2) is 0 Å². The van der Waals surface area contributed by atoms with Crippen LogP contribution in [0.4, 0.5) is 0 Å². The molecule has 0 saturated carbocycles. The summed E-state index contributed by atoms with van der Waals surface area (Å²) in [7, 11) is 0. The Hall–Kier alpha value is -0.540. The van der Waals surface area contributed by atoms with Gasteiger partial charge in [-0.3, -0.25) is 0 Å². The van der Waals surface area contributed by atoms with Crippen molar-refractivity contribution in [2.45, 2.75) is 50.7 Å². The van der Waals surface area contributed by atoms with Gasteiger partial charge in [0.05, 0.1) is 12.4 Å². The first-order chi connectivity index (χ1) is 7.95. The molecule has 3 nitrogen and oxygen atoms in total. The Bertz CT molecular complexity index is 212. The number of rotatable bonds is 5. The molecule has 0 aliphatic carbocycles. The third-order valence-corrected chi connectivity index (χ3v) is 3.31. The highest BCUT2D eigenvalue weighted by atomic mass is 16.5. The molecule has 0 amide bonds. The molecule has 0 aromatic carbocycles. The molecule has 2 heterocycles. The summed E-state index contributed by atoms with van der Waals surface area (Å²) in [5.74, 6) is 0. The van der Waals surface area contributed by atoms with Crippen LogP contribution >= 0.6 is 0 Å². The van der Waals surface area contributed by atoms with Crippen LogP contribution in [0.1, 0.15) is 38.5 Å². The molecule has 0 aromatic rings. The largest absolute Gasteiger partial charge is 0.497 e. The van der Waals surface area contributed by atoms with Gasteiger partial charge in [-0.1, -0.05) is 0 Å². The van der Waals surface area contributed by atoms with Gasteiger partial charge in [-0.05, 0) is 51.1 Å². The van der Waals surface area contributed by atoms with E-state index in [0.29, 0.717) is 12.2 Å². The van der Waals surface area contributed by atoms with Gasteiger partial charge in [0.2, 0.25) is 0 Å². The van der Waals surface area contributed by atoms with Crippen molar-refractivity contribution < 1.29 is 9.47 Å². The molecular weight excluding hydrogens is 202 g/mol. The molecule has 1 N–H and O–H groups in total. The molecule has 0 spiro atoms. The first kappa shape index (κ1) is 11.9. The minimum absolute atomic E-state index is 0.372. The second-order valence-corrected chi connectivity index (χ2v) is 4.69. The van der Waals surface area contributed by atoms with Crippen LogP contribution in [-0.4, -0.2) is 31.9 Å². The van der Waals surface area contributed by atoms with Gasteiger partial charge in [0.1, 0.15) is 6.10 Å². The summed E-state index contributed by atoms with van der Waals surface area (Å²) in [4.78, 5) is 0. The lowest BCUT2D eigenvalue weighted by molar-refractivity contribution is 0.0109. The van der Waals surface area contributed by atoms with E-state index in [1.807, 2.05) is 6.26 Å². The van der Waals surface area contributed by atoms with E-state index in [9.17, 15) is 0 Å². The highest BCUT2D eigenvalue weighted by Crippen LogP contribution is 2.15. The summed E-state index contributed by atoms with van der Waals surface area (Å²) in [6, 6.07) is 0. The fourth-order valence-corrected chi connectivity index (χ4v) is 2.30. The predicted molar refractivity (Wildman–Crippen MR) is 64.3 cm³/mol. The maximum absolute atomic E-state index is 5.69. The van der Waals surface area contributed by atoms with Crippen molar-refractivity contribution in [3.8, 4) is 0 Å². The van der Waals surface area contributed by atoms with Gasteiger partial charge in [0, 0.05) is 13.2 Å². The maximum Gasteiger partial charge on any atom is 0.110 e. The van der Waals surface area contributed by atoms with Crippen LogP contribution in [0, 0.1) is 0 Å². The number of allylic oxidation sites excluding steroid dienone is 1. The molecule has 0 radical (unpaired) electrons. The van der Waals surface area contributed by atoms with Crippen LogP contribution < -0.4 is 5.32 Å². The van der Waals surface area contributed by atoms with Gasteiger partial charge in [-0.2, -0.15) is 0 Å². The third-order valence-electron chi connectivity index (χ3n) is 3.31. The lowest BCUT2D eigenvalue weighted by Crippen LogP contribution is -2.32. The van der Waals surface area contributed by atoms with Gasteiger partial charge < -0.3 is 14.8 Å². The smallest absolute Gasteiger partial charge is 0.110 e. The Morgan fingerprint density at radius 2 is 2.19 bits per heavy atom. The quantitative estimate of drug-likeness (QED) is 0.728. The fourth-order valence-electron chi connectivity index (χ4n) is 2.30. The lowest BCUT2D eigenvalue weighted by Gasteiger charge is -2.23. The molecule has 16 heavy (non-hydrogen) atoms. The molecule has 2 rings (SSSR count). The molecule has 2 unspecified atom stereocenters. The van der Waals surface area contributed by atoms with Crippen molar-refractivity contribution in [1.29, 1.82) is 0 Å². The van der Waals surface area contributed by atoms with Gasteiger partial charge in [0.15, 0.2) is 0 Å². The van der Waals surface area contributed by atoms with Gasteiger partial charge in [-0.15, -0.1) is 0 Å². The molecule has 2 aliphatic rings. The van der Waals surface area contributed by atoms with Crippen LogP contribution in [0.25, 0.3) is 0 Å². The monoisotopic (exact) mass is 225 g/mol. The minimum Gasteiger partial charge on any atom is -0.497 e. The number of hydrogen-bond donors (Lipinski definition) is 1. The van der Waals surface area contributed by atoms with E-state index >= 15 is 0 Å². The summed E-state index contributed by atoms with van der Waals surface area (Å²) < 4.78 is 11.2. The highest BCUT2D eigenvalue weighted by molar-refractivity contribution is 4.83. The molecule has 1 saturated heterocycles. The minimum atomic E-state index is 0.372. The molecule has 3 heteroatoms. The summed E-state index contributed by atoms with van der Waals surface area (Å²) in [5, 5.41) is 3.46. The zero-order valence-corrected chi connectivity index (χ0v) is 9.99. The van der Waals surface area contributed by atoms with Crippen molar-refractivity contribution in [3.63, 3.8) is 0 Å². The average molecular weight is 225 g/mol. The van der Waals surface area contributed by atoms with Gasteiger partial charge in [0.25, 0.3) is 0 Å². The molecule has 92 valence electrons. The summed E-state index contributed by atoms with van der Waals surface area (Å²) in [5.41, 5.74) is 0. The standard InChI is InChI=1S/C13H23NO2/c1-3-9-15-12(5-1)7-8-14-11-13-6-2-4-10-16-13/h4,10,12-14H,1-3,5-9,11H2. The van der Waals surface area contributed by atoms with Crippen molar-refractivity contribution in [2.75, 3.05) is 19.7 Å². The summed E-state index contributed by atoms with van der Waals surface area (Å²) in [6.45, 7) is 2.98. The van der Waals surface area contributed by atoms with E-state index in [-0.39, 0.29) is 0 Å².